The van der Waals surface area contributed by atoms with Crippen LogP contribution in [0.15, 0.2) is 67.0 Å². The van der Waals surface area contributed by atoms with Gasteiger partial charge in [0.1, 0.15) is 0 Å². The van der Waals surface area contributed by atoms with Gasteiger partial charge in [0, 0.05) is 56.3 Å². The van der Waals surface area contributed by atoms with E-state index in [4.69, 9.17) is 9.47 Å². The number of likely N-dealkylation sites (N-methyl/N-ethyl adjacent to an activating group) is 1. The normalized spacial score (nSPS) is 24.1. The molecule has 2 saturated heterocycles. The Hall–Kier alpha value is -2.80. The van der Waals surface area contributed by atoms with Crippen molar-refractivity contribution < 1.29 is 14.3 Å². The van der Waals surface area contributed by atoms with E-state index in [1.807, 2.05) is 41.6 Å². The summed E-state index contributed by atoms with van der Waals surface area (Å²) in [6.45, 7) is 4.43. The number of benzene rings is 2. The zero-order valence-electron chi connectivity index (χ0n) is 19.9. The number of amides is 1. The van der Waals surface area contributed by atoms with Gasteiger partial charge in [-0.15, -0.1) is 0 Å². The van der Waals surface area contributed by atoms with Crippen molar-refractivity contribution in [1.29, 1.82) is 0 Å². The predicted molar refractivity (Wildman–Crippen MR) is 133 cm³/mol. The molecule has 0 radical (unpaired) electrons. The van der Waals surface area contributed by atoms with Crippen molar-refractivity contribution in [2.45, 2.75) is 18.4 Å². The van der Waals surface area contributed by atoms with Crippen molar-refractivity contribution in [3.63, 3.8) is 0 Å². The lowest BCUT2D eigenvalue weighted by molar-refractivity contribution is -0.170. The van der Waals surface area contributed by atoms with Gasteiger partial charge in [-0.25, -0.2) is 0 Å². The minimum Gasteiger partial charge on any atom is -0.379 e. The van der Waals surface area contributed by atoms with Crippen LogP contribution in [0.4, 0.5) is 0 Å². The molecule has 0 aliphatic carbocycles. The molecule has 0 N–H and O–H groups in total. The molecule has 2 atom stereocenters. The smallest absolute Gasteiger partial charge is 0.256 e. The molecule has 1 aromatic heterocycles. The van der Waals surface area contributed by atoms with Gasteiger partial charge in [-0.05, 0) is 30.0 Å². The van der Waals surface area contributed by atoms with E-state index in [9.17, 15) is 4.79 Å². The number of fused-ring (bicyclic) bond motifs is 1. The van der Waals surface area contributed by atoms with Crippen LogP contribution < -0.4 is 0 Å². The number of ether oxygens (including phenoxy) is 2. The number of carbonyl (C=O) groups is 1. The fourth-order valence-corrected chi connectivity index (χ4v) is 5.32. The first-order chi connectivity index (χ1) is 16.6. The summed E-state index contributed by atoms with van der Waals surface area (Å²) in [6.07, 6.45) is 5.26. The molecule has 5 rings (SSSR count). The van der Waals surface area contributed by atoms with E-state index in [1.165, 1.54) is 10.9 Å². The number of rotatable bonds is 5. The highest BCUT2D eigenvalue weighted by molar-refractivity contribution is 5.86. The van der Waals surface area contributed by atoms with Crippen LogP contribution in [0.5, 0.6) is 0 Å². The molecular weight excluding hydrogens is 426 g/mol. The third-order valence-electron chi connectivity index (χ3n) is 6.98. The maximum atomic E-state index is 14.1. The summed E-state index contributed by atoms with van der Waals surface area (Å²) in [6, 6.07) is 18.5. The Labute approximate surface area is 201 Å². The number of nitrogens with zero attached hydrogens (tertiary/aromatic N) is 3. The lowest BCUT2D eigenvalue weighted by atomic mass is 9.90. The second-order valence-corrected chi connectivity index (χ2v) is 9.66. The summed E-state index contributed by atoms with van der Waals surface area (Å²) in [4.78, 5) is 22.7. The molecule has 3 heterocycles. The van der Waals surface area contributed by atoms with Crippen molar-refractivity contribution >= 4 is 16.7 Å². The first-order valence-electron chi connectivity index (χ1n) is 12.2. The van der Waals surface area contributed by atoms with E-state index < -0.39 is 5.60 Å². The van der Waals surface area contributed by atoms with Crippen molar-refractivity contribution in [2.75, 3.05) is 53.0 Å². The van der Waals surface area contributed by atoms with Gasteiger partial charge < -0.3 is 19.3 Å². The highest BCUT2D eigenvalue weighted by Crippen LogP contribution is 2.28. The first-order valence-corrected chi connectivity index (χ1v) is 12.2. The van der Waals surface area contributed by atoms with Crippen LogP contribution >= 0.6 is 0 Å². The zero-order valence-corrected chi connectivity index (χ0v) is 19.9. The summed E-state index contributed by atoms with van der Waals surface area (Å²) in [5.41, 5.74) is 1.45. The fraction of sp³-hybridized carbons (Fsp3) is 0.429. The summed E-state index contributed by atoms with van der Waals surface area (Å²) >= 11 is 0. The topological polar surface area (TPSA) is 54.9 Å². The van der Waals surface area contributed by atoms with Crippen molar-refractivity contribution in [3.05, 3.63) is 78.1 Å². The van der Waals surface area contributed by atoms with Crippen LogP contribution in [0.1, 0.15) is 11.1 Å². The van der Waals surface area contributed by atoms with E-state index in [0.717, 1.165) is 23.9 Å². The molecule has 34 heavy (non-hydrogen) atoms. The van der Waals surface area contributed by atoms with E-state index in [0.29, 0.717) is 45.9 Å². The Morgan fingerprint density at radius 1 is 1.06 bits per heavy atom. The molecule has 2 fully saturated rings. The fourth-order valence-electron chi connectivity index (χ4n) is 5.32. The van der Waals surface area contributed by atoms with E-state index in [1.54, 1.807) is 0 Å². The summed E-state index contributed by atoms with van der Waals surface area (Å²) in [7, 11) is 2.07. The van der Waals surface area contributed by atoms with Crippen molar-refractivity contribution in [3.8, 4) is 0 Å². The third-order valence-corrected chi connectivity index (χ3v) is 6.98. The van der Waals surface area contributed by atoms with Crippen molar-refractivity contribution in [1.82, 2.24) is 14.8 Å². The maximum Gasteiger partial charge on any atom is 0.256 e. The molecule has 0 bridgehead atoms. The van der Waals surface area contributed by atoms with Crippen molar-refractivity contribution in [2.24, 2.45) is 5.92 Å². The number of carbonyl (C=O) groups excluding carboxylic acids is 1. The molecule has 178 valence electrons. The largest absolute Gasteiger partial charge is 0.379 e. The van der Waals surface area contributed by atoms with Crippen LogP contribution in [0.25, 0.3) is 10.8 Å². The SMILES string of the molecule is CN1CCOC(Cc2ccccc2)(C(=O)N2CCOCC(Cc3cncc4ccccc34)C2)C1. The molecule has 6 heteroatoms. The van der Waals surface area contributed by atoms with Gasteiger partial charge in [-0.2, -0.15) is 0 Å². The second kappa shape index (κ2) is 10.2. The minimum atomic E-state index is -0.871. The molecule has 6 nitrogen and oxygen atoms in total. The van der Waals surface area contributed by atoms with Gasteiger partial charge in [-0.3, -0.25) is 9.78 Å². The molecule has 0 saturated carbocycles. The van der Waals surface area contributed by atoms with Crippen LogP contribution in [-0.4, -0.2) is 79.3 Å². The van der Waals surface area contributed by atoms with Gasteiger partial charge in [0.15, 0.2) is 5.60 Å². The summed E-state index contributed by atoms with van der Waals surface area (Å²) in [5.74, 6) is 0.281. The second-order valence-electron chi connectivity index (χ2n) is 9.66. The molecule has 2 unspecified atom stereocenters. The summed E-state index contributed by atoms with van der Waals surface area (Å²) in [5, 5.41) is 2.36. The lowest BCUT2D eigenvalue weighted by Crippen LogP contribution is -2.61. The maximum absolute atomic E-state index is 14.1. The molecule has 0 spiro atoms. The monoisotopic (exact) mass is 459 g/mol. The van der Waals surface area contributed by atoms with Crippen LogP contribution in [0.2, 0.25) is 0 Å². The molecular formula is C28H33N3O3. The van der Waals surface area contributed by atoms with Gasteiger partial charge in [0.25, 0.3) is 5.91 Å². The van der Waals surface area contributed by atoms with Gasteiger partial charge in [0.05, 0.1) is 19.8 Å². The van der Waals surface area contributed by atoms with E-state index >= 15 is 0 Å². The average molecular weight is 460 g/mol. The predicted octanol–water partition coefficient (Wildman–Crippen LogP) is 3.20. The Morgan fingerprint density at radius 3 is 2.74 bits per heavy atom. The Balaban J connectivity index is 1.38. The van der Waals surface area contributed by atoms with E-state index in [2.05, 4.69) is 47.3 Å². The average Bonchev–Trinajstić information content (AvgIpc) is 3.10. The number of pyridine rings is 1. The molecule has 2 aliphatic rings. The van der Waals surface area contributed by atoms with Crippen LogP contribution in [-0.2, 0) is 27.1 Å². The Morgan fingerprint density at radius 2 is 1.88 bits per heavy atom. The number of aromatic nitrogens is 1. The van der Waals surface area contributed by atoms with E-state index in [-0.39, 0.29) is 11.8 Å². The van der Waals surface area contributed by atoms with Crippen LogP contribution in [0.3, 0.4) is 0 Å². The standard InChI is InChI=1S/C28H33N3O3/c1-30-11-14-34-28(21-30,16-22-7-3-2-4-8-22)27(32)31-12-13-33-20-23(19-31)15-25-18-29-17-24-9-5-6-10-26(24)25/h2-10,17-18,23H,11-16,19-21H2,1H3. The lowest BCUT2D eigenvalue weighted by Gasteiger charge is -2.43. The number of hydrogen-bond acceptors (Lipinski definition) is 5. The Bertz CT molecular complexity index is 1120. The summed E-state index contributed by atoms with van der Waals surface area (Å²) < 4.78 is 12.3. The number of morpholine rings is 1. The molecule has 2 aromatic carbocycles. The van der Waals surface area contributed by atoms with Gasteiger partial charge in [0.2, 0.25) is 0 Å². The molecule has 1 amide bonds. The first kappa shape index (κ1) is 23.0. The minimum absolute atomic E-state index is 0.0782. The van der Waals surface area contributed by atoms with Crippen LogP contribution in [0, 0.1) is 5.92 Å². The number of hydrogen-bond donors (Lipinski definition) is 0. The molecule has 2 aliphatic heterocycles. The van der Waals surface area contributed by atoms with Gasteiger partial charge >= 0.3 is 0 Å². The van der Waals surface area contributed by atoms with Gasteiger partial charge in [-0.1, -0.05) is 54.6 Å². The Kier molecular flexibility index (Phi) is 6.90. The quantitative estimate of drug-likeness (QED) is 0.587. The highest BCUT2D eigenvalue weighted by Gasteiger charge is 2.46. The zero-order chi connectivity index (χ0) is 23.4. The third kappa shape index (κ3) is 4.99. The molecule has 3 aromatic rings. The highest BCUT2D eigenvalue weighted by atomic mass is 16.5.